The molecular weight excluding hydrogens is 272 g/mol. The van der Waals surface area contributed by atoms with Crippen molar-refractivity contribution < 1.29 is 5.11 Å². The fourth-order valence-corrected chi connectivity index (χ4v) is 2.81. The molecule has 1 aromatic heterocycles. The summed E-state index contributed by atoms with van der Waals surface area (Å²) in [6.45, 7) is 0.843. The SMILES string of the molecule is NCCCCCCCCCCCCC[C@H](O)c1cccnc1. The zero-order valence-corrected chi connectivity index (χ0v) is 14.1. The van der Waals surface area contributed by atoms with E-state index in [-0.39, 0.29) is 6.10 Å². The maximum atomic E-state index is 10.0. The molecule has 0 saturated heterocycles. The van der Waals surface area contributed by atoms with Crippen LogP contribution in [-0.4, -0.2) is 16.6 Å². The number of aliphatic hydroxyl groups is 1. The predicted molar refractivity (Wildman–Crippen MR) is 93.7 cm³/mol. The highest BCUT2D eigenvalue weighted by atomic mass is 16.3. The first-order valence-electron chi connectivity index (χ1n) is 9.12. The van der Waals surface area contributed by atoms with Crippen LogP contribution in [0.25, 0.3) is 0 Å². The first kappa shape index (κ1) is 19.1. The van der Waals surface area contributed by atoms with Crippen LogP contribution in [0.3, 0.4) is 0 Å². The van der Waals surface area contributed by atoms with E-state index >= 15 is 0 Å². The van der Waals surface area contributed by atoms with Gasteiger partial charge in [0.05, 0.1) is 6.10 Å². The standard InChI is InChI=1S/C19H34N2O/c20-15-11-9-7-5-3-1-2-4-6-8-10-14-19(22)18-13-12-16-21-17-18/h12-13,16-17,19,22H,1-11,14-15,20H2/t19-/m0/s1. The van der Waals surface area contributed by atoms with Crippen molar-refractivity contribution in [3.63, 3.8) is 0 Å². The summed E-state index contributed by atoms with van der Waals surface area (Å²) in [4.78, 5) is 4.05. The Balaban J connectivity index is 1.84. The highest BCUT2D eigenvalue weighted by Crippen LogP contribution is 2.19. The number of unbranched alkanes of at least 4 members (excludes halogenated alkanes) is 10. The number of hydrogen-bond donors (Lipinski definition) is 2. The Morgan fingerprint density at radius 1 is 0.864 bits per heavy atom. The second-order valence-electron chi connectivity index (χ2n) is 6.27. The molecule has 1 aromatic rings. The van der Waals surface area contributed by atoms with Crippen molar-refractivity contribution in [2.45, 2.75) is 83.2 Å². The van der Waals surface area contributed by atoms with Crippen LogP contribution in [0.15, 0.2) is 24.5 Å². The first-order chi connectivity index (χ1) is 10.8. The second-order valence-corrected chi connectivity index (χ2v) is 6.27. The van der Waals surface area contributed by atoms with Gasteiger partial charge >= 0.3 is 0 Å². The molecule has 1 rings (SSSR count). The summed E-state index contributed by atoms with van der Waals surface area (Å²) in [5, 5.41) is 10.0. The first-order valence-corrected chi connectivity index (χ1v) is 9.12. The molecule has 3 nitrogen and oxygen atoms in total. The van der Waals surface area contributed by atoms with Gasteiger partial charge in [-0.05, 0) is 31.0 Å². The van der Waals surface area contributed by atoms with Crippen molar-refractivity contribution in [1.82, 2.24) is 4.98 Å². The third-order valence-corrected chi connectivity index (χ3v) is 4.25. The number of hydrogen-bond acceptors (Lipinski definition) is 3. The molecule has 0 saturated carbocycles. The van der Waals surface area contributed by atoms with Gasteiger partial charge in [0.25, 0.3) is 0 Å². The molecule has 0 spiro atoms. The molecule has 0 bridgehead atoms. The van der Waals surface area contributed by atoms with Crippen LogP contribution in [0, 0.1) is 0 Å². The summed E-state index contributed by atoms with van der Waals surface area (Å²) in [5.41, 5.74) is 6.42. The van der Waals surface area contributed by atoms with E-state index in [4.69, 9.17) is 5.73 Å². The average Bonchev–Trinajstić information content (AvgIpc) is 2.56. The molecule has 0 aliphatic rings. The zero-order chi connectivity index (χ0) is 15.9. The van der Waals surface area contributed by atoms with Gasteiger partial charge in [0, 0.05) is 12.4 Å². The topological polar surface area (TPSA) is 59.1 Å². The van der Waals surface area contributed by atoms with Gasteiger partial charge in [-0.25, -0.2) is 0 Å². The average molecular weight is 306 g/mol. The van der Waals surface area contributed by atoms with E-state index in [0.717, 1.165) is 24.9 Å². The molecule has 1 heterocycles. The lowest BCUT2D eigenvalue weighted by atomic mass is 10.0. The Kier molecular flexibility index (Phi) is 11.9. The molecule has 3 N–H and O–H groups in total. The summed E-state index contributed by atoms with van der Waals surface area (Å²) in [6.07, 6.45) is 18.3. The highest BCUT2D eigenvalue weighted by molar-refractivity contribution is 5.11. The Bertz CT molecular complexity index is 343. The van der Waals surface area contributed by atoms with E-state index in [1.54, 1.807) is 12.4 Å². The van der Waals surface area contributed by atoms with E-state index in [2.05, 4.69) is 4.98 Å². The molecule has 0 amide bonds. The summed E-state index contributed by atoms with van der Waals surface area (Å²) in [5.74, 6) is 0. The Morgan fingerprint density at radius 3 is 1.91 bits per heavy atom. The number of nitrogens with zero attached hydrogens (tertiary/aromatic N) is 1. The molecular formula is C19H34N2O. The van der Waals surface area contributed by atoms with E-state index in [0.29, 0.717) is 0 Å². The van der Waals surface area contributed by atoms with Crippen molar-refractivity contribution in [3.05, 3.63) is 30.1 Å². The minimum Gasteiger partial charge on any atom is -0.388 e. The quantitative estimate of drug-likeness (QED) is 0.487. The summed E-state index contributed by atoms with van der Waals surface area (Å²) >= 11 is 0. The van der Waals surface area contributed by atoms with Gasteiger partial charge in [-0.3, -0.25) is 4.98 Å². The Hall–Kier alpha value is -0.930. The van der Waals surface area contributed by atoms with E-state index < -0.39 is 0 Å². The van der Waals surface area contributed by atoms with Crippen molar-refractivity contribution in [2.75, 3.05) is 6.54 Å². The number of pyridine rings is 1. The van der Waals surface area contributed by atoms with Crippen LogP contribution in [0.4, 0.5) is 0 Å². The lowest BCUT2D eigenvalue weighted by Gasteiger charge is -2.10. The fraction of sp³-hybridized carbons (Fsp3) is 0.737. The number of aromatic nitrogens is 1. The molecule has 0 aromatic carbocycles. The van der Waals surface area contributed by atoms with E-state index in [1.165, 1.54) is 64.2 Å². The second kappa shape index (κ2) is 13.7. The number of rotatable bonds is 14. The predicted octanol–water partition coefficient (Wildman–Crippen LogP) is 4.75. The van der Waals surface area contributed by atoms with E-state index in [1.807, 2.05) is 12.1 Å². The summed E-state index contributed by atoms with van der Waals surface area (Å²) in [7, 11) is 0. The third kappa shape index (κ3) is 9.91. The minimum absolute atomic E-state index is 0.345. The fourth-order valence-electron chi connectivity index (χ4n) is 2.81. The minimum atomic E-state index is -0.345. The van der Waals surface area contributed by atoms with Crippen molar-refractivity contribution in [3.8, 4) is 0 Å². The molecule has 0 aliphatic heterocycles. The Morgan fingerprint density at radius 2 is 1.41 bits per heavy atom. The maximum absolute atomic E-state index is 10.0. The lowest BCUT2D eigenvalue weighted by Crippen LogP contribution is -1.97. The van der Waals surface area contributed by atoms with Gasteiger partial charge in [-0.15, -0.1) is 0 Å². The van der Waals surface area contributed by atoms with Crippen LogP contribution >= 0.6 is 0 Å². The third-order valence-electron chi connectivity index (χ3n) is 4.25. The zero-order valence-electron chi connectivity index (χ0n) is 14.1. The lowest BCUT2D eigenvalue weighted by molar-refractivity contribution is 0.163. The van der Waals surface area contributed by atoms with Gasteiger partial charge in [0.1, 0.15) is 0 Å². The van der Waals surface area contributed by atoms with Gasteiger partial charge in [-0.2, -0.15) is 0 Å². The highest BCUT2D eigenvalue weighted by Gasteiger charge is 2.06. The molecule has 3 heteroatoms. The molecule has 0 fully saturated rings. The normalized spacial score (nSPS) is 12.5. The molecule has 1 atom stereocenters. The monoisotopic (exact) mass is 306 g/mol. The van der Waals surface area contributed by atoms with Crippen LogP contribution in [-0.2, 0) is 0 Å². The maximum Gasteiger partial charge on any atom is 0.0804 e. The van der Waals surface area contributed by atoms with Gasteiger partial charge in [0.15, 0.2) is 0 Å². The molecule has 22 heavy (non-hydrogen) atoms. The van der Waals surface area contributed by atoms with Crippen LogP contribution in [0.5, 0.6) is 0 Å². The van der Waals surface area contributed by atoms with Gasteiger partial charge < -0.3 is 10.8 Å². The largest absolute Gasteiger partial charge is 0.388 e. The summed E-state index contributed by atoms with van der Waals surface area (Å²) < 4.78 is 0. The van der Waals surface area contributed by atoms with Crippen molar-refractivity contribution in [1.29, 1.82) is 0 Å². The smallest absolute Gasteiger partial charge is 0.0804 e. The van der Waals surface area contributed by atoms with Crippen molar-refractivity contribution in [2.24, 2.45) is 5.73 Å². The molecule has 0 aliphatic carbocycles. The molecule has 126 valence electrons. The van der Waals surface area contributed by atoms with Gasteiger partial charge in [-0.1, -0.05) is 70.3 Å². The van der Waals surface area contributed by atoms with Gasteiger partial charge in [0.2, 0.25) is 0 Å². The molecule has 0 radical (unpaired) electrons. The van der Waals surface area contributed by atoms with Crippen LogP contribution in [0.1, 0.15) is 88.7 Å². The van der Waals surface area contributed by atoms with E-state index in [9.17, 15) is 5.11 Å². The molecule has 0 unspecified atom stereocenters. The Labute approximate surface area is 136 Å². The number of nitrogens with two attached hydrogens (primary N) is 1. The van der Waals surface area contributed by atoms with Crippen molar-refractivity contribution >= 4 is 0 Å². The number of aliphatic hydroxyl groups excluding tert-OH is 1. The van der Waals surface area contributed by atoms with Crippen LogP contribution in [0.2, 0.25) is 0 Å². The van der Waals surface area contributed by atoms with Crippen LogP contribution < -0.4 is 5.73 Å². The summed E-state index contributed by atoms with van der Waals surface area (Å²) in [6, 6.07) is 3.83.